The fourth-order valence-electron chi connectivity index (χ4n) is 3.59. The number of hydrogen-bond donors (Lipinski definition) is 1. The first kappa shape index (κ1) is 19.5. The van der Waals surface area contributed by atoms with Crippen LogP contribution in [0, 0.1) is 6.92 Å². The lowest BCUT2D eigenvalue weighted by Crippen LogP contribution is -2.56. The topological polar surface area (TPSA) is 65.8 Å². The zero-order valence-electron chi connectivity index (χ0n) is 15.9. The zero-order valence-corrected chi connectivity index (χ0v) is 15.9. The number of amides is 2. The van der Waals surface area contributed by atoms with Gasteiger partial charge in [-0.1, -0.05) is 13.8 Å². The normalized spacial score (nSPS) is 18.4. The summed E-state index contributed by atoms with van der Waals surface area (Å²) in [6.45, 7) is 10.7. The van der Waals surface area contributed by atoms with Crippen molar-refractivity contribution < 1.29 is 14.0 Å². The number of furan rings is 1. The summed E-state index contributed by atoms with van der Waals surface area (Å²) in [6, 6.07) is 3.66. The number of aryl methyl sites for hydroxylation is 1. The van der Waals surface area contributed by atoms with Gasteiger partial charge in [0.05, 0.1) is 19.0 Å². The molecule has 1 atom stereocenters. The molecule has 1 saturated heterocycles. The van der Waals surface area contributed by atoms with Gasteiger partial charge in [-0.2, -0.15) is 0 Å². The fraction of sp³-hybridized carbons (Fsp3) is 0.684. The summed E-state index contributed by atoms with van der Waals surface area (Å²) in [5.74, 6) is 1.68. The summed E-state index contributed by atoms with van der Waals surface area (Å²) >= 11 is 0. The van der Waals surface area contributed by atoms with Gasteiger partial charge in [0.15, 0.2) is 0 Å². The van der Waals surface area contributed by atoms with Crippen LogP contribution in [-0.2, 0) is 16.1 Å². The van der Waals surface area contributed by atoms with Crippen LogP contribution in [0.5, 0.6) is 0 Å². The summed E-state index contributed by atoms with van der Waals surface area (Å²) in [5.41, 5.74) is 0. The van der Waals surface area contributed by atoms with Gasteiger partial charge in [-0.3, -0.25) is 14.5 Å². The van der Waals surface area contributed by atoms with Crippen molar-refractivity contribution in [3.05, 3.63) is 23.7 Å². The minimum atomic E-state index is -0.435. The lowest BCUT2D eigenvalue weighted by atomic mass is 10.0. The molecule has 2 heterocycles. The molecule has 0 radical (unpaired) electrons. The molecule has 140 valence electrons. The lowest BCUT2D eigenvalue weighted by Gasteiger charge is -2.36. The molecule has 2 amide bonds. The van der Waals surface area contributed by atoms with Crippen LogP contribution in [0.1, 0.15) is 51.6 Å². The van der Waals surface area contributed by atoms with E-state index in [9.17, 15) is 9.59 Å². The maximum atomic E-state index is 12.8. The molecule has 6 heteroatoms. The number of hydrogen-bond acceptors (Lipinski definition) is 4. The first-order valence-corrected chi connectivity index (χ1v) is 9.36. The van der Waals surface area contributed by atoms with Gasteiger partial charge in [-0.25, -0.2) is 0 Å². The average Bonchev–Trinajstić information content (AvgIpc) is 3.00. The molecule has 1 N–H and O–H groups in total. The van der Waals surface area contributed by atoms with E-state index >= 15 is 0 Å². The summed E-state index contributed by atoms with van der Waals surface area (Å²) < 4.78 is 5.65. The Morgan fingerprint density at radius 2 is 2.08 bits per heavy atom. The Hall–Kier alpha value is -1.82. The van der Waals surface area contributed by atoms with E-state index < -0.39 is 6.04 Å². The van der Waals surface area contributed by atoms with Crippen LogP contribution >= 0.6 is 0 Å². The summed E-state index contributed by atoms with van der Waals surface area (Å²) in [6.07, 6.45) is 2.08. The van der Waals surface area contributed by atoms with Crippen molar-refractivity contribution in [1.29, 1.82) is 0 Å². The molecule has 0 spiro atoms. The van der Waals surface area contributed by atoms with E-state index in [0.717, 1.165) is 30.9 Å². The maximum Gasteiger partial charge on any atom is 0.237 e. The predicted molar refractivity (Wildman–Crippen MR) is 97.0 cm³/mol. The monoisotopic (exact) mass is 349 g/mol. The van der Waals surface area contributed by atoms with Gasteiger partial charge >= 0.3 is 0 Å². The van der Waals surface area contributed by atoms with E-state index in [-0.39, 0.29) is 24.3 Å². The Bertz CT molecular complexity index is 580. The molecule has 0 aromatic carbocycles. The van der Waals surface area contributed by atoms with Crippen LogP contribution < -0.4 is 5.32 Å². The van der Waals surface area contributed by atoms with E-state index in [0.29, 0.717) is 19.6 Å². The minimum Gasteiger partial charge on any atom is -0.465 e. The van der Waals surface area contributed by atoms with Crippen molar-refractivity contribution in [2.75, 3.05) is 19.6 Å². The molecular weight excluding hydrogens is 318 g/mol. The Kier molecular flexibility index (Phi) is 7.05. The standard InChI is InChI=1S/C19H31N3O3/c1-5-15(6-2)22(7-3)18(23)12-17-19(24)20-10-11-21(17)13-16-9-8-14(4)25-16/h8-9,15,17H,5-7,10-13H2,1-4H3,(H,20,24)/t17-/m1/s1. The molecule has 0 aliphatic carbocycles. The third-order valence-electron chi connectivity index (χ3n) is 5.01. The Morgan fingerprint density at radius 3 is 2.64 bits per heavy atom. The first-order chi connectivity index (χ1) is 12.0. The maximum absolute atomic E-state index is 12.8. The van der Waals surface area contributed by atoms with Crippen LogP contribution in [-0.4, -0.2) is 53.3 Å². The third-order valence-corrected chi connectivity index (χ3v) is 5.01. The van der Waals surface area contributed by atoms with Crippen LogP contribution in [0.4, 0.5) is 0 Å². The number of nitrogens with one attached hydrogen (secondary N) is 1. The minimum absolute atomic E-state index is 0.0545. The van der Waals surface area contributed by atoms with Crippen LogP contribution in [0.15, 0.2) is 16.5 Å². The fourth-order valence-corrected chi connectivity index (χ4v) is 3.59. The molecule has 1 aliphatic rings. The molecular formula is C19H31N3O3. The van der Waals surface area contributed by atoms with Crippen molar-refractivity contribution in [3.63, 3.8) is 0 Å². The van der Waals surface area contributed by atoms with Crippen molar-refractivity contribution in [1.82, 2.24) is 15.1 Å². The van der Waals surface area contributed by atoms with Crippen molar-refractivity contribution in [3.8, 4) is 0 Å². The smallest absolute Gasteiger partial charge is 0.237 e. The second-order valence-electron chi connectivity index (χ2n) is 6.64. The number of piperazine rings is 1. The SMILES string of the molecule is CCC(CC)N(CC)C(=O)C[C@@H]1C(=O)NCCN1Cc1ccc(C)o1. The Balaban J connectivity index is 2.09. The summed E-state index contributed by atoms with van der Waals surface area (Å²) in [5, 5.41) is 2.89. The van der Waals surface area contributed by atoms with Crippen LogP contribution in [0.2, 0.25) is 0 Å². The molecule has 0 bridgehead atoms. The molecule has 1 aromatic heterocycles. The van der Waals surface area contributed by atoms with E-state index in [1.807, 2.05) is 30.9 Å². The molecule has 0 saturated carbocycles. The van der Waals surface area contributed by atoms with Gasteiger partial charge in [0.25, 0.3) is 0 Å². The van der Waals surface area contributed by atoms with E-state index in [4.69, 9.17) is 4.42 Å². The molecule has 1 aliphatic heterocycles. The van der Waals surface area contributed by atoms with Crippen LogP contribution in [0.3, 0.4) is 0 Å². The van der Waals surface area contributed by atoms with Crippen LogP contribution in [0.25, 0.3) is 0 Å². The van der Waals surface area contributed by atoms with Gasteiger partial charge in [-0.05, 0) is 38.8 Å². The third kappa shape index (κ3) is 4.84. The number of carbonyl (C=O) groups is 2. The van der Waals surface area contributed by atoms with Crippen molar-refractivity contribution in [2.45, 2.75) is 65.6 Å². The quantitative estimate of drug-likeness (QED) is 0.782. The van der Waals surface area contributed by atoms with Gasteiger partial charge in [0.2, 0.25) is 11.8 Å². The highest BCUT2D eigenvalue weighted by Crippen LogP contribution is 2.18. The van der Waals surface area contributed by atoms with Gasteiger partial charge in [-0.15, -0.1) is 0 Å². The van der Waals surface area contributed by atoms with Gasteiger partial charge in [0.1, 0.15) is 11.5 Å². The molecule has 25 heavy (non-hydrogen) atoms. The molecule has 0 unspecified atom stereocenters. The number of nitrogens with zero attached hydrogens (tertiary/aromatic N) is 2. The first-order valence-electron chi connectivity index (χ1n) is 9.36. The van der Waals surface area contributed by atoms with E-state index in [1.165, 1.54) is 0 Å². The number of rotatable bonds is 8. The zero-order chi connectivity index (χ0) is 18.4. The highest BCUT2D eigenvalue weighted by molar-refractivity contribution is 5.89. The highest BCUT2D eigenvalue weighted by Gasteiger charge is 2.34. The molecule has 6 nitrogen and oxygen atoms in total. The van der Waals surface area contributed by atoms with E-state index in [2.05, 4.69) is 24.1 Å². The van der Waals surface area contributed by atoms with Gasteiger partial charge < -0.3 is 14.6 Å². The average molecular weight is 349 g/mol. The summed E-state index contributed by atoms with van der Waals surface area (Å²) in [4.78, 5) is 29.2. The number of carbonyl (C=O) groups excluding carboxylic acids is 2. The molecule has 1 aromatic rings. The van der Waals surface area contributed by atoms with E-state index in [1.54, 1.807) is 0 Å². The molecule has 1 fully saturated rings. The largest absolute Gasteiger partial charge is 0.465 e. The Labute approximate surface area is 150 Å². The Morgan fingerprint density at radius 1 is 1.36 bits per heavy atom. The molecule has 2 rings (SSSR count). The lowest BCUT2D eigenvalue weighted by molar-refractivity contribution is -0.140. The highest BCUT2D eigenvalue weighted by atomic mass is 16.3. The summed E-state index contributed by atoms with van der Waals surface area (Å²) in [7, 11) is 0. The second-order valence-corrected chi connectivity index (χ2v) is 6.64. The van der Waals surface area contributed by atoms with Crippen molar-refractivity contribution >= 4 is 11.8 Å². The second kappa shape index (κ2) is 9.04. The predicted octanol–water partition coefficient (Wildman–Crippen LogP) is 2.32. The van der Waals surface area contributed by atoms with Gasteiger partial charge in [0, 0.05) is 25.7 Å². The van der Waals surface area contributed by atoms with Crippen molar-refractivity contribution in [2.24, 2.45) is 0 Å².